The monoisotopic (exact) mass is 424 g/mol. The summed E-state index contributed by atoms with van der Waals surface area (Å²) in [6.07, 6.45) is 1.34. The van der Waals surface area contributed by atoms with Crippen LogP contribution in [0.25, 0.3) is 0 Å². The maximum absolute atomic E-state index is 12.9. The van der Waals surface area contributed by atoms with Crippen LogP contribution in [0.15, 0.2) is 42.5 Å². The molecule has 0 bridgehead atoms. The van der Waals surface area contributed by atoms with Crippen LogP contribution in [0.4, 0.5) is 22.7 Å². The van der Waals surface area contributed by atoms with Gasteiger partial charge >= 0.3 is 0 Å². The Hall–Kier alpha value is -3.13. The highest BCUT2D eigenvalue weighted by Gasteiger charge is 2.28. The van der Waals surface area contributed by atoms with Crippen LogP contribution in [-0.2, 0) is 9.53 Å². The summed E-state index contributed by atoms with van der Waals surface area (Å²) in [4.78, 5) is 28.1. The molecule has 8 nitrogen and oxygen atoms in total. The van der Waals surface area contributed by atoms with Crippen LogP contribution in [-0.4, -0.2) is 50.2 Å². The topological polar surface area (TPSA) is 88.0 Å². The summed E-state index contributed by atoms with van der Waals surface area (Å²) in [6.45, 7) is 6.49. The number of ether oxygens (including phenoxy) is 1. The van der Waals surface area contributed by atoms with E-state index < -0.39 is 0 Å². The molecule has 0 atom stereocenters. The summed E-state index contributed by atoms with van der Waals surface area (Å²) in [7, 11) is 0. The standard InChI is InChI=1S/C23H28N4O4/c1-17-16-19(25-12-14-31-15-13-25)6-7-20(17)24-23(28)18-8-10-26(11-9-18)21-4-2-3-5-22(21)27(29)30/h2-7,16,18H,8-15H2,1H3,(H,24,28). The number of aryl methyl sites for hydroxylation is 1. The number of nitro groups is 1. The molecule has 164 valence electrons. The van der Waals surface area contributed by atoms with Gasteiger partial charge in [0.1, 0.15) is 5.69 Å². The quantitative estimate of drug-likeness (QED) is 0.583. The Morgan fingerprint density at radius 2 is 1.77 bits per heavy atom. The Balaban J connectivity index is 1.36. The van der Waals surface area contributed by atoms with Crippen molar-refractivity contribution < 1.29 is 14.5 Å². The first kappa shape index (κ1) is 21.1. The van der Waals surface area contributed by atoms with Gasteiger partial charge < -0.3 is 19.9 Å². The highest BCUT2D eigenvalue weighted by Crippen LogP contribution is 2.32. The van der Waals surface area contributed by atoms with Crippen LogP contribution in [0.1, 0.15) is 18.4 Å². The fourth-order valence-corrected chi connectivity index (χ4v) is 4.31. The van der Waals surface area contributed by atoms with Crippen LogP contribution >= 0.6 is 0 Å². The number of hydrogen-bond acceptors (Lipinski definition) is 6. The van der Waals surface area contributed by atoms with Gasteiger partial charge in [0.15, 0.2) is 0 Å². The fraction of sp³-hybridized carbons (Fsp3) is 0.435. The third-order valence-electron chi connectivity index (χ3n) is 6.13. The van der Waals surface area contributed by atoms with Gasteiger partial charge in [0.05, 0.1) is 18.1 Å². The van der Waals surface area contributed by atoms with Gasteiger partial charge in [-0.15, -0.1) is 0 Å². The molecule has 0 aromatic heterocycles. The van der Waals surface area contributed by atoms with Gasteiger partial charge in [-0.3, -0.25) is 14.9 Å². The number of morpholine rings is 1. The van der Waals surface area contributed by atoms with E-state index in [0.29, 0.717) is 31.6 Å². The van der Waals surface area contributed by atoms with E-state index in [2.05, 4.69) is 16.3 Å². The van der Waals surface area contributed by atoms with Crippen molar-refractivity contribution in [3.8, 4) is 0 Å². The molecule has 0 radical (unpaired) electrons. The Morgan fingerprint density at radius 3 is 2.45 bits per heavy atom. The molecule has 0 aliphatic carbocycles. The minimum absolute atomic E-state index is 0.0180. The number of para-hydroxylation sites is 2. The zero-order valence-electron chi connectivity index (χ0n) is 17.8. The predicted molar refractivity (Wildman–Crippen MR) is 121 cm³/mol. The maximum atomic E-state index is 12.9. The molecule has 1 amide bonds. The van der Waals surface area contributed by atoms with Gasteiger partial charge in [0, 0.05) is 49.5 Å². The molecule has 2 aliphatic heterocycles. The van der Waals surface area contributed by atoms with Gasteiger partial charge in [0.2, 0.25) is 5.91 Å². The molecule has 2 aromatic rings. The van der Waals surface area contributed by atoms with E-state index in [1.807, 2.05) is 30.0 Å². The third-order valence-corrected chi connectivity index (χ3v) is 6.13. The van der Waals surface area contributed by atoms with Gasteiger partial charge in [-0.2, -0.15) is 0 Å². The first-order valence-corrected chi connectivity index (χ1v) is 10.8. The maximum Gasteiger partial charge on any atom is 0.292 e. The third kappa shape index (κ3) is 4.80. The number of hydrogen-bond donors (Lipinski definition) is 1. The number of amides is 1. The summed E-state index contributed by atoms with van der Waals surface area (Å²) in [5.74, 6) is -0.0817. The highest BCUT2D eigenvalue weighted by atomic mass is 16.6. The molecule has 2 saturated heterocycles. The molecule has 1 N–H and O–H groups in total. The number of anilines is 3. The van der Waals surface area contributed by atoms with E-state index in [1.54, 1.807) is 12.1 Å². The van der Waals surface area contributed by atoms with Gasteiger partial charge in [-0.1, -0.05) is 12.1 Å². The number of nitrogens with zero attached hydrogens (tertiary/aromatic N) is 3. The summed E-state index contributed by atoms with van der Waals surface area (Å²) in [5, 5.41) is 14.4. The number of piperidine rings is 1. The summed E-state index contributed by atoms with van der Waals surface area (Å²) in [5.41, 5.74) is 3.76. The largest absolute Gasteiger partial charge is 0.378 e. The average molecular weight is 425 g/mol. The Bertz CT molecular complexity index is 950. The lowest BCUT2D eigenvalue weighted by atomic mass is 9.95. The second kappa shape index (κ2) is 9.34. The number of rotatable bonds is 5. The van der Waals surface area contributed by atoms with Crippen LogP contribution < -0.4 is 15.1 Å². The first-order valence-electron chi connectivity index (χ1n) is 10.8. The van der Waals surface area contributed by atoms with Crippen molar-refractivity contribution in [2.45, 2.75) is 19.8 Å². The van der Waals surface area contributed by atoms with Crippen molar-refractivity contribution in [1.29, 1.82) is 0 Å². The van der Waals surface area contributed by atoms with Gasteiger partial charge in [-0.05, 0) is 49.6 Å². The SMILES string of the molecule is Cc1cc(N2CCOCC2)ccc1NC(=O)C1CCN(c2ccccc2[N+](=O)[O-])CC1. The van der Waals surface area contributed by atoms with E-state index in [4.69, 9.17) is 4.74 Å². The Morgan fingerprint density at radius 1 is 1.06 bits per heavy atom. The number of nitro benzene ring substituents is 1. The van der Waals surface area contributed by atoms with Gasteiger partial charge in [-0.25, -0.2) is 0 Å². The van der Waals surface area contributed by atoms with E-state index in [-0.39, 0.29) is 22.4 Å². The summed E-state index contributed by atoms with van der Waals surface area (Å²) < 4.78 is 5.41. The fourth-order valence-electron chi connectivity index (χ4n) is 4.31. The molecule has 2 aromatic carbocycles. The van der Waals surface area contributed by atoms with Crippen LogP contribution in [0, 0.1) is 23.0 Å². The molecular formula is C23H28N4O4. The Labute approximate surface area is 181 Å². The van der Waals surface area contributed by atoms with E-state index in [9.17, 15) is 14.9 Å². The molecule has 0 saturated carbocycles. The minimum atomic E-state index is -0.350. The lowest BCUT2D eigenvalue weighted by Crippen LogP contribution is -2.38. The Kier molecular flexibility index (Phi) is 6.36. The summed E-state index contributed by atoms with van der Waals surface area (Å²) >= 11 is 0. The predicted octanol–water partition coefficient (Wildman–Crippen LogP) is 3.59. The van der Waals surface area contributed by atoms with Gasteiger partial charge in [0.25, 0.3) is 5.69 Å². The van der Waals surface area contributed by atoms with Crippen LogP contribution in [0.2, 0.25) is 0 Å². The van der Waals surface area contributed by atoms with Crippen molar-refractivity contribution >= 4 is 28.7 Å². The van der Waals surface area contributed by atoms with Crippen molar-refractivity contribution in [2.24, 2.45) is 5.92 Å². The van der Waals surface area contributed by atoms with Crippen molar-refractivity contribution in [2.75, 3.05) is 54.5 Å². The van der Waals surface area contributed by atoms with Crippen LogP contribution in [0.5, 0.6) is 0 Å². The lowest BCUT2D eigenvalue weighted by molar-refractivity contribution is -0.384. The molecule has 2 fully saturated rings. The van der Waals surface area contributed by atoms with E-state index in [1.165, 1.54) is 6.07 Å². The number of carbonyl (C=O) groups is 1. The molecule has 8 heteroatoms. The lowest BCUT2D eigenvalue weighted by Gasteiger charge is -2.32. The number of benzene rings is 2. The van der Waals surface area contributed by atoms with Crippen molar-refractivity contribution in [3.63, 3.8) is 0 Å². The second-order valence-corrected chi connectivity index (χ2v) is 8.10. The molecule has 0 unspecified atom stereocenters. The number of carbonyl (C=O) groups excluding carboxylic acids is 1. The van der Waals surface area contributed by atoms with Crippen molar-refractivity contribution in [1.82, 2.24) is 0 Å². The van der Waals surface area contributed by atoms with E-state index in [0.717, 1.165) is 43.2 Å². The zero-order valence-corrected chi connectivity index (χ0v) is 17.8. The second-order valence-electron chi connectivity index (χ2n) is 8.10. The zero-order chi connectivity index (χ0) is 21.8. The molecule has 2 aliphatic rings. The normalized spacial score (nSPS) is 17.5. The van der Waals surface area contributed by atoms with E-state index >= 15 is 0 Å². The minimum Gasteiger partial charge on any atom is -0.378 e. The number of nitrogens with one attached hydrogen (secondary N) is 1. The molecular weight excluding hydrogens is 396 g/mol. The average Bonchev–Trinajstić information content (AvgIpc) is 2.81. The molecule has 0 spiro atoms. The molecule has 31 heavy (non-hydrogen) atoms. The smallest absolute Gasteiger partial charge is 0.292 e. The van der Waals surface area contributed by atoms with Crippen molar-refractivity contribution in [3.05, 3.63) is 58.1 Å². The highest BCUT2D eigenvalue weighted by molar-refractivity contribution is 5.93. The molecule has 4 rings (SSSR count). The summed E-state index contributed by atoms with van der Waals surface area (Å²) in [6, 6.07) is 12.9. The van der Waals surface area contributed by atoms with Crippen LogP contribution in [0.3, 0.4) is 0 Å². The molecule has 2 heterocycles. The first-order chi connectivity index (χ1) is 15.0.